The Morgan fingerprint density at radius 1 is 1.09 bits per heavy atom. The van der Waals surface area contributed by atoms with E-state index in [-0.39, 0.29) is 12.2 Å². The van der Waals surface area contributed by atoms with Crippen LogP contribution in [-0.2, 0) is 11.4 Å². The summed E-state index contributed by atoms with van der Waals surface area (Å²) >= 11 is 3.52. The predicted molar refractivity (Wildman–Crippen MR) is 131 cm³/mol. The fourth-order valence-electron chi connectivity index (χ4n) is 3.91. The van der Waals surface area contributed by atoms with Crippen LogP contribution in [0.3, 0.4) is 0 Å². The van der Waals surface area contributed by atoms with E-state index in [0.29, 0.717) is 24.2 Å². The van der Waals surface area contributed by atoms with Gasteiger partial charge < -0.3 is 14.7 Å². The lowest BCUT2D eigenvalue weighted by molar-refractivity contribution is -0.132. The monoisotopic (exact) mass is 525 g/mol. The third-order valence-electron chi connectivity index (χ3n) is 5.42. The van der Waals surface area contributed by atoms with Crippen molar-refractivity contribution in [3.05, 3.63) is 117 Å². The van der Waals surface area contributed by atoms with Gasteiger partial charge in [-0.05, 0) is 61.7 Å². The Bertz CT molecular complexity index is 1270. The van der Waals surface area contributed by atoms with Crippen molar-refractivity contribution in [3.63, 3.8) is 0 Å². The van der Waals surface area contributed by atoms with E-state index in [0.717, 1.165) is 33.2 Å². The Balaban J connectivity index is 1.71. The normalized spacial score (nSPS) is 15.7. The van der Waals surface area contributed by atoms with Gasteiger partial charge in [-0.25, -0.2) is 13.6 Å². The maximum atomic E-state index is 13.6. The molecule has 0 unspecified atom stereocenters. The number of aliphatic carboxylic acids is 1. The first-order valence-electron chi connectivity index (χ1n) is 10.7. The van der Waals surface area contributed by atoms with Crippen LogP contribution in [0, 0.1) is 11.6 Å². The summed E-state index contributed by atoms with van der Waals surface area (Å²) in [5, 5.41) is 9.55. The van der Waals surface area contributed by atoms with Crippen molar-refractivity contribution in [1.29, 1.82) is 0 Å². The largest absolute Gasteiger partial charge is 0.488 e. The topological polar surface area (TPSA) is 49.8 Å². The summed E-state index contributed by atoms with van der Waals surface area (Å²) in [6.45, 7) is 1.95. The molecule has 34 heavy (non-hydrogen) atoms. The fraction of sp³-hybridized carbons (Fsp3) is 0.148. The summed E-state index contributed by atoms with van der Waals surface area (Å²) in [6.07, 6.45) is 12.4. The quantitative estimate of drug-likeness (QED) is 0.436. The fourth-order valence-corrected chi connectivity index (χ4v) is 4.27. The second kappa shape index (κ2) is 10.2. The van der Waals surface area contributed by atoms with E-state index in [9.17, 15) is 18.7 Å². The van der Waals surface area contributed by atoms with Crippen LogP contribution in [0.25, 0.3) is 5.70 Å². The number of halogens is 3. The first-order valence-corrected chi connectivity index (χ1v) is 11.5. The van der Waals surface area contributed by atoms with Crippen LogP contribution in [-0.4, -0.2) is 16.0 Å². The van der Waals surface area contributed by atoms with E-state index in [1.165, 1.54) is 12.1 Å². The molecule has 0 radical (unpaired) electrons. The number of carboxylic acid groups (broad SMARTS) is 1. The summed E-state index contributed by atoms with van der Waals surface area (Å²) in [5.41, 5.74) is 3.85. The number of nitrogens with zero attached hydrogens (tertiary/aromatic N) is 1. The first-order chi connectivity index (χ1) is 16.3. The van der Waals surface area contributed by atoms with Gasteiger partial charge in [-0.1, -0.05) is 46.3 Å². The summed E-state index contributed by atoms with van der Waals surface area (Å²) in [4.78, 5) is 13.7. The molecule has 1 N–H and O–H groups in total. The van der Waals surface area contributed by atoms with Crippen LogP contribution in [0.1, 0.15) is 30.9 Å². The molecule has 0 bridgehead atoms. The second-order valence-electron chi connectivity index (χ2n) is 7.88. The number of hydrogen-bond donors (Lipinski definition) is 1. The minimum Gasteiger partial charge on any atom is -0.488 e. The van der Waals surface area contributed by atoms with E-state index in [4.69, 9.17) is 4.74 Å². The number of rotatable bonds is 6. The van der Waals surface area contributed by atoms with Gasteiger partial charge in [-0.15, -0.1) is 0 Å². The Labute approximate surface area is 205 Å². The van der Waals surface area contributed by atoms with Gasteiger partial charge in [-0.2, -0.15) is 0 Å². The number of hydrogen-bond acceptors (Lipinski definition) is 3. The molecule has 174 valence electrons. The zero-order chi connectivity index (χ0) is 24.2. The van der Waals surface area contributed by atoms with Crippen LogP contribution < -0.4 is 4.74 Å². The molecule has 0 atom stereocenters. The minimum absolute atomic E-state index is 0.0128. The summed E-state index contributed by atoms with van der Waals surface area (Å²) < 4.78 is 34.1. The van der Waals surface area contributed by atoms with E-state index in [1.807, 2.05) is 42.2 Å². The molecular weight excluding hydrogens is 504 g/mol. The van der Waals surface area contributed by atoms with Gasteiger partial charge in [0, 0.05) is 27.5 Å². The molecule has 1 aliphatic heterocycles. The molecule has 0 aromatic heterocycles. The van der Waals surface area contributed by atoms with Crippen molar-refractivity contribution in [3.8, 4) is 5.75 Å². The molecule has 2 aromatic carbocycles. The highest BCUT2D eigenvalue weighted by Gasteiger charge is 2.24. The van der Waals surface area contributed by atoms with E-state index < -0.39 is 17.6 Å². The average molecular weight is 526 g/mol. The lowest BCUT2D eigenvalue weighted by Crippen LogP contribution is -2.22. The van der Waals surface area contributed by atoms with Crippen LogP contribution in [0.15, 0.2) is 94.3 Å². The minimum atomic E-state index is -0.998. The molecule has 2 aliphatic rings. The molecular formula is C27H22BrF2NO3. The maximum absolute atomic E-state index is 13.6. The molecule has 2 aromatic rings. The SMILES string of the molecule is CC1=CCC=C(c2cc(Br)ccc2OCc2cc(F)cc(F)c2)N1C1=CCC=CC(C(=O)O)=C1. The summed E-state index contributed by atoms with van der Waals surface area (Å²) in [6, 6.07) is 8.84. The van der Waals surface area contributed by atoms with Crippen LogP contribution in [0.4, 0.5) is 8.78 Å². The summed E-state index contributed by atoms with van der Waals surface area (Å²) in [7, 11) is 0. The second-order valence-corrected chi connectivity index (χ2v) is 8.80. The highest BCUT2D eigenvalue weighted by Crippen LogP contribution is 2.39. The third kappa shape index (κ3) is 5.37. The number of carboxylic acids is 1. The molecule has 0 amide bonds. The molecule has 0 spiro atoms. The first kappa shape index (κ1) is 23.7. The zero-order valence-corrected chi connectivity index (χ0v) is 20.0. The Morgan fingerprint density at radius 2 is 1.85 bits per heavy atom. The molecule has 4 rings (SSSR count). The molecule has 7 heteroatoms. The van der Waals surface area contributed by atoms with E-state index in [1.54, 1.807) is 18.2 Å². The number of ether oxygens (including phenoxy) is 1. The van der Waals surface area contributed by atoms with Gasteiger partial charge in [0.2, 0.25) is 0 Å². The Morgan fingerprint density at radius 3 is 2.59 bits per heavy atom. The molecule has 0 saturated heterocycles. The van der Waals surface area contributed by atoms with Crippen molar-refractivity contribution in [2.75, 3.05) is 0 Å². The lowest BCUT2D eigenvalue weighted by Gasteiger charge is -2.33. The van der Waals surface area contributed by atoms with Gasteiger partial charge in [0.1, 0.15) is 24.0 Å². The standard InChI is InChI=1S/C27H22BrF2NO3/c1-17-5-4-8-25(31(17)23-7-3-2-6-19(13-23)27(32)33)24-14-20(28)9-10-26(24)34-16-18-11-21(29)15-22(30)12-18/h2,5-15H,3-4,16H2,1H3,(H,32,33). The number of benzene rings is 2. The van der Waals surface area contributed by atoms with Crippen molar-refractivity contribution < 1.29 is 23.4 Å². The van der Waals surface area contributed by atoms with E-state index >= 15 is 0 Å². The highest BCUT2D eigenvalue weighted by atomic mass is 79.9. The zero-order valence-electron chi connectivity index (χ0n) is 18.4. The molecule has 1 heterocycles. The predicted octanol–water partition coefficient (Wildman–Crippen LogP) is 7.11. The van der Waals surface area contributed by atoms with Crippen LogP contribution >= 0.6 is 15.9 Å². The van der Waals surface area contributed by atoms with Crippen LogP contribution in [0.5, 0.6) is 5.75 Å². The van der Waals surface area contributed by atoms with Crippen molar-refractivity contribution in [1.82, 2.24) is 4.90 Å². The smallest absolute Gasteiger partial charge is 0.335 e. The molecule has 0 saturated carbocycles. The Kier molecular flexibility index (Phi) is 7.12. The lowest BCUT2D eigenvalue weighted by atomic mass is 10.0. The van der Waals surface area contributed by atoms with Crippen LogP contribution in [0.2, 0.25) is 0 Å². The average Bonchev–Trinajstić information content (AvgIpc) is 3.04. The highest BCUT2D eigenvalue weighted by molar-refractivity contribution is 9.10. The molecule has 0 fully saturated rings. The van der Waals surface area contributed by atoms with Gasteiger partial charge in [-0.3, -0.25) is 0 Å². The van der Waals surface area contributed by atoms with Crippen molar-refractivity contribution in [2.24, 2.45) is 0 Å². The Hall–Kier alpha value is -3.45. The summed E-state index contributed by atoms with van der Waals surface area (Å²) in [5.74, 6) is -1.78. The third-order valence-corrected chi connectivity index (χ3v) is 5.91. The van der Waals surface area contributed by atoms with Gasteiger partial charge in [0.05, 0.1) is 11.3 Å². The van der Waals surface area contributed by atoms with Gasteiger partial charge >= 0.3 is 5.97 Å². The van der Waals surface area contributed by atoms with Gasteiger partial charge in [0.25, 0.3) is 0 Å². The number of carbonyl (C=O) groups is 1. The maximum Gasteiger partial charge on any atom is 0.335 e. The van der Waals surface area contributed by atoms with E-state index in [2.05, 4.69) is 22.0 Å². The molecule has 1 aliphatic carbocycles. The number of allylic oxidation sites excluding steroid dienone is 6. The van der Waals surface area contributed by atoms with Crippen molar-refractivity contribution in [2.45, 2.75) is 26.4 Å². The molecule has 4 nitrogen and oxygen atoms in total. The van der Waals surface area contributed by atoms with Crippen molar-refractivity contribution >= 4 is 27.6 Å². The van der Waals surface area contributed by atoms with Gasteiger partial charge in [0.15, 0.2) is 0 Å².